The van der Waals surface area contributed by atoms with E-state index in [2.05, 4.69) is 20.5 Å². The van der Waals surface area contributed by atoms with Crippen LogP contribution in [0.25, 0.3) is 0 Å². The van der Waals surface area contributed by atoms with Gasteiger partial charge in [0, 0.05) is 11.9 Å². The lowest BCUT2D eigenvalue weighted by atomic mass is 10.0. The molecule has 10 nitrogen and oxygen atoms in total. The summed E-state index contributed by atoms with van der Waals surface area (Å²) in [5.41, 5.74) is 0.342. The van der Waals surface area contributed by atoms with E-state index in [9.17, 15) is 27.5 Å². The second-order valence-corrected chi connectivity index (χ2v) is 10.7. The van der Waals surface area contributed by atoms with E-state index in [1.807, 2.05) is 13.8 Å². The highest BCUT2D eigenvalue weighted by Gasteiger charge is 2.25. The van der Waals surface area contributed by atoms with Crippen molar-refractivity contribution >= 4 is 35.1 Å². The van der Waals surface area contributed by atoms with E-state index >= 15 is 0 Å². The van der Waals surface area contributed by atoms with Crippen molar-refractivity contribution in [3.63, 3.8) is 0 Å². The van der Waals surface area contributed by atoms with Crippen molar-refractivity contribution in [2.75, 3.05) is 24.5 Å². The van der Waals surface area contributed by atoms with Crippen LogP contribution in [0.4, 0.5) is 10.5 Å². The number of carbonyl (C=O) groups excluding carboxylic acids is 2. The van der Waals surface area contributed by atoms with Crippen molar-refractivity contribution in [2.45, 2.75) is 38.1 Å². The maximum atomic E-state index is 12.4. The third-order valence-electron chi connectivity index (χ3n) is 3.65. The molecular formula is C17H28N3O7PS. The fraction of sp³-hybridized carbons (Fsp3) is 0.529. The zero-order valence-corrected chi connectivity index (χ0v) is 18.5. The lowest BCUT2D eigenvalue weighted by Crippen LogP contribution is -2.48. The molecule has 0 saturated heterocycles. The van der Waals surface area contributed by atoms with Crippen LogP contribution in [0.15, 0.2) is 29.2 Å². The van der Waals surface area contributed by atoms with Crippen LogP contribution in [0.5, 0.6) is 0 Å². The number of benzene rings is 1. The molecule has 0 heterocycles. The molecule has 29 heavy (non-hydrogen) atoms. The smallest absolute Gasteiger partial charge is 0.343 e. The number of sulfone groups is 1. The quantitative estimate of drug-likeness (QED) is 0.398. The molecule has 0 aliphatic heterocycles. The van der Waals surface area contributed by atoms with E-state index in [4.69, 9.17) is 0 Å². The van der Waals surface area contributed by atoms with Crippen LogP contribution in [-0.4, -0.2) is 50.4 Å². The Morgan fingerprint density at radius 1 is 1.21 bits per heavy atom. The largest absolute Gasteiger partial charge is 0.347 e. The van der Waals surface area contributed by atoms with Gasteiger partial charge in [0.25, 0.3) is 0 Å². The Balaban J connectivity index is 2.75. The Labute approximate surface area is 170 Å². The van der Waals surface area contributed by atoms with Crippen molar-refractivity contribution in [2.24, 2.45) is 5.92 Å². The van der Waals surface area contributed by atoms with E-state index in [1.54, 1.807) is 6.92 Å². The Kier molecular flexibility index (Phi) is 9.28. The zero-order chi connectivity index (χ0) is 22.2. The van der Waals surface area contributed by atoms with E-state index < -0.39 is 41.7 Å². The Morgan fingerprint density at radius 2 is 1.79 bits per heavy atom. The summed E-state index contributed by atoms with van der Waals surface area (Å²) in [5, 5.41) is 7.36. The van der Waals surface area contributed by atoms with E-state index in [0.717, 1.165) is 6.26 Å². The minimum Gasteiger partial charge on any atom is -0.343 e. The lowest BCUT2D eigenvalue weighted by Gasteiger charge is -2.21. The van der Waals surface area contributed by atoms with Crippen LogP contribution in [-0.2, 0) is 23.7 Å². The lowest BCUT2D eigenvalue weighted by molar-refractivity contribution is -0.123. The molecule has 1 aromatic carbocycles. The highest BCUT2D eigenvalue weighted by molar-refractivity contribution is 7.90. The molecule has 164 valence electrons. The number of rotatable bonds is 10. The van der Waals surface area contributed by atoms with Gasteiger partial charge in [-0.25, -0.2) is 13.2 Å². The molecule has 0 fully saturated rings. The molecule has 4 N–H and O–H groups in total. The maximum absolute atomic E-state index is 12.4. The maximum Gasteiger partial charge on any atom is 0.347 e. The highest BCUT2D eigenvalue weighted by Crippen LogP contribution is 2.39. The Bertz CT molecular complexity index is 856. The zero-order valence-electron chi connectivity index (χ0n) is 16.8. The fourth-order valence-electron chi connectivity index (χ4n) is 2.36. The van der Waals surface area contributed by atoms with Gasteiger partial charge in [0.05, 0.1) is 11.5 Å². The first kappa shape index (κ1) is 25.1. The van der Waals surface area contributed by atoms with Crippen LogP contribution in [0.3, 0.4) is 0 Å². The normalized spacial score (nSPS) is 14.7. The number of anilines is 1. The first-order valence-corrected chi connectivity index (χ1v) is 12.6. The second-order valence-electron chi connectivity index (χ2n) is 6.83. The summed E-state index contributed by atoms with van der Waals surface area (Å²) in [7, 11) is -7.29. The molecule has 12 heteroatoms. The predicted molar refractivity (Wildman–Crippen MR) is 109 cm³/mol. The average Bonchev–Trinajstić information content (AvgIpc) is 2.58. The van der Waals surface area contributed by atoms with Crippen molar-refractivity contribution in [1.82, 2.24) is 10.6 Å². The number of amides is 3. The number of urea groups is 1. The summed E-state index contributed by atoms with van der Waals surface area (Å²) in [5.74, 6) is -0.553. The summed E-state index contributed by atoms with van der Waals surface area (Å²) in [6, 6.07) is 3.96. The van der Waals surface area contributed by atoms with Gasteiger partial charge in [-0.15, -0.1) is 0 Å². The Morgan fingerprint density at radius 3 is 2.28 bits per heavy atom. The summed E-state index contributed by atoms with van der Waals surface area (Å²) < 4.78 is 39.3. The summed E-state index contributed by atoms with van der Waals surface area (Å²) in [6.45, 7) is 5.31. The van der Waals surface area contributed by atoms with Crippen LogP contribution >= 0.6 is 7.60 Å². The van der Waals surface area contributed by atoms with Gasteiger partial charge in [0.2, 0.25) is 5.91 Å². The molecule has 3 amide bonds. The van der Waals surface area contributed by atoms with Crippen LogP contribution in [0, 0.1) is 5.92 Å². The van der Waals surface area contributed by atoms with Crippen molar-refractivity contribution in [1.29, 1.82) is 0 Å². The van der Waals surface area contributed by atoms with Crippen molar-refractivity contribution in [3.8, 4) is 0 Å². The molecule has 1 aromatic rings. The van der Waals surface area contributed by atoms with Gasteiger partial charge in [-0.3, -0.25) is 9.36 Å². The first-order valence-electron chi connectivity index (χ1n) is 8.95. The van der Waals surface area contributed by atoms with Crippen molar-refractivity contribution < 1.29 is 32.0 Å². The average molecular weight is 449 g/mol. The third kappa shape index (κ3) is 9.40. The van der Waals surface area contributed by atoms with Gasteiger partial charge >= 0.3 is 13.6 Å². The molecule has 2 atom stereocenters. The molecule has 0 radical (unpaired) electrons. The number of hydrogen-bond donors (Lipinski definition) is 4. The molecular weight excluding hydrogens is 421 g/mol. The standard InChI is InChI=1S/C17H28N3O7PS/c1-5-27-28(23,24)11-18-16(21)15(10-12(2)3)20-17(22)19-13-6-8-14(9-7-13)29(4,25)26/h6-9,12,15H,5,10-11H2,1-4H3,(H,18,21)(H,23,24)(H2,19,20,22)/t15-/m0/s1. The van der Waals surface area contributed by atoms with Gasteiger partial charge in [0.15, 0.2) is 9.84 Å². The summed E-state index contributed by atoms with van der Waals surface area (Å²) >= 11 is 0. The number of nitrogens with one attached hydrogen (secondary N) is 3. The molecule has 0 saturated carbocycles. The number of carbonyl (C=O) groups is 2. The van der Waals surface area contributed by atoms with Crippen LogP contribution in [0.1, 0.15) is 27.2 Å². The Hall–Kier alpha value is -1.94. The SMILES string of the molecule is CCOP(=O)(O)CNC(=O)[C@H](CC(C)C)NC(=O)Nc1ccc(S(C)(=O)=O)cc1. The van der Waals surface area contributed by atoms with Crippen molar-refractivity contribution in [3.05, 3.63) is 24.3 Å². The molecule has 0 spiro atoms. The highest BCUT2D eigenvalue weighted by atomic mass is 32.2. The van der Waals surface area contributed by atoms with Crippen LogP contribution in [0.2, 0.25) is 0 Å². The molecule has 1 unspecified atom stereocenters. The predicted octanol–water partition coefficient (Wildman–Crippen LogP) is 1.92. The minimum absolute atomic E-state index is 0.0256. The second kappa shape index (κ2) is 10.7. The van der Waals surface area contributed by atoms with Gasteiger partial charge in [0.1, 0.15) is 12.3 Å². The topological polar surface area (TPSA) is 151 Å². The van der Waals surface area contributed by atoms with E-state index in [-0.39, 0.29) is 17.4 Å². The van der Waals surface area contributed by atoms with E-state index in [0.29, 0.717) is 12.1 Å². The van der Waals surface area contributed by atoms with Gasteiger partial charge in [-0.05, 0) is 43.5 Å². The van der Waals surface area contributed by atoms with Gasteiger partial charge < -0.3 is 25.4 Å². The molecule has 1 rings (SSSR count). The van der Waals surface area contributed by atoms with E-state index in [1.165, 1.54) is 24.3 Å². The molecule has 0 aliphatic rings. The molecule has 0 bridgehead atoms. The minimum atomic E-state index is -3.94. The van der Waals surface area contributed by atoms with Crippen LogP contribution < -0.4 is 16.0 Å². The number of hydrogen-bond acceptors (Lipinski definition) is 6. The summed E-state index contributed by atoms with van der Waals surface area (Å²) in [6.07, 6.45) is 0.815. The van der Waals surface area contributed by atoms with Gasteiger partial charge in [-0.1, -0.05) is 13.8 Å². The van der Waals surface area contributed by atoms with Gasteiger partial charge in [-0.2, -0.15) is 0 Å². The first-order chi connectivity index (χ1) is 13.3. The fourth-order valence-corrected chi connectivity index (χ4v) is 3.84. The monoisotopic (exact) mass is 449 g/mol. The molecule has 0 aliphatic carbocycles. The summed E-state index contributed by atoms with van der Waals surface area (Å²) in [4.78, 5) is 34.3. The third-order valence-corrected chi connectivity index (χ3v) is 6.00. The molecule has 0 aromatic heterocycles.